The van der Waals surface area contributed by atoms with Crippen molar-refractivity contribution in [2.45, 2.75) is 0 Å². The van der Waals surface area contributed by atoms with Crippen LogP contribution in [0.4, 0.5) is 0 Å². The van der Waals surface area contributed by atoms with Crippen molar-refractivity contribution in [2.75, 3.05) is 0 Å². The van der Waals surface area contributed by atoms with Crippen LogP contribution in [0.1, 0.15) is 0 Å². The van der Waals surface area contributed by atoms with Gasteiger partial charge >= 0.3 is 0 Å². The standard InChI is InChI=1S/C56H35N3/c1-2-14-36(15-3-1)37-28-30-38(31-29-37)43-24-12-17-39-18-13-25-48(54(39)43)55-47-23-8-10-26-51(47)57-56(58-55)59-52-27-11-9-22-46(52)50-35-41(32-33-53(50)59)49-34-40-16-4-5-19-42(40)44-20-6-7-21-45(44)49/h1-35H. The van der Waals surface area contributed by atoms with Crippen molar-refractivity contribution in [2.24, 2.45) is 0 Å². The Morgan fingerprint density at radius 2 is 0.898 bits per heavy atom. The van der Waals surface area contributed by atoms with Crippen LogP contribution in [0.5, 0.6) is 0 Å². The molecule has 2 aromatic heterocycles. The van der Waals surface area contributed by atoms with Crippen LogP contribution in [-0.2, 0) is 0 Å². The van der Waals surface area contributed by atoms with E-state index < -0.39 is 0 Å². The van der Waals surface area contributed by atoms with Gasteiger partial charge in [0.25, 0.3) is 0 Å². The summed E-state index contributed by atoms with van der Waals surface area (Å²) < 4.78 is 2.25. The van der Waals surface area contributed by atoms with E-state index in [0.29, 0.717) is 5.95 Å². The Labute approximate surface area is 341 Å². The Hall–Kier alpha value is -7.88. The lowest BCUT2D eigenvalue weighted by atomic mass is 9.91. The molecule has 0 unspecified atom stereocenters. The first kappa shape index (κ1) is 33.3. The normalized spacial score (nSPS) is 11.7. The summed E-state index contributed by atoms with van der Waals surface area (Å²) in [6, 6.07) is 76.3. The highest BCUT2D eigenvalue weighted by atomic mass is 15.2. The van der Waals surface area contributed by atoms with Crippen molar-refractivity contribution in [1.29, 1.82) is 0 Å². The Morgan fingerprint density at radius 1 is 0.305 bits per heavy atom. The van der Waals surface area contributed by atoms with Gasteiger partial charge in [0.2, 0.25) is 5.95 Å². The van der Waals surface area contributed by atoms with Crippen LogP contribution in [0.3, 0.4) is 0 Å². The lowest BCUT2D eigenvalue weighted by Crippen LogP contribution is -2.03. The van der Waals surface area contributed by atoms with Crippen molar-refractivity contribution in [3.63, 3.8) is 0 Å². The number of hydrogen-bond acceptors (Lipinski definition) is 2. The number of benzene rings is 10. The van der Waals surface area contributed by atoms with Crippen molar-refractivity contribution in [3.8, 4) is 50.6 Å². The molecule has 0 aliphatic carbocycles. The van der Waals surface area contributed by atoms with Gasteiger partial charge in [0, 0.05) is 21.7 Å². The minimum atomic E-state index is 0.649. The van der Waals surface area contributed by atoms with Crippen LogP contribution in [-0.4, -0.2) is 14.5 Å². The molecule has 10 aromatic carbocycles. The second kappa shape index (κ2) is 13.4. The average Bonchev–Trinajstić information content (AvgIpc) is 3.64. The molecule has 0 amide bonds. The van der Waals surface area contributed by atoms with Gasteiger partial charge in [0.1, 0.15) is 0 Å². The maximum Gasteiger partial charge on any atom is 0.235 e. The average molecular weight is 750 g/mol. The molecular formula is C56H35N3. The second-order valence-electron chi connectivity index (χ2n) is 15.3. The molecule has 0 atom stereocenters. The highest BCUT2D eigenvalue weighted by Gasteiger charge is 2.20. The van der Waals surface area contributed by atoms with Gasteiger partial charge in [-0.05, 0) is 96.0 Å². The molecule has 59 heavy (non-hydrogen) atoms. The van der Waals surface area contributed by atoms with Crippen molar-refractivity contribution in [1.82, 2.24) is 14.5 Å². The molecule has 3 heteroatoms. The number of hydrogen-bond donors (Lipinski definition) is 0. The molecule has 12 rings (SSSR count). The smallest absolute Gasteiger partial charge is 0.235 e. The third-order valence-electron chi connectivity index (χ3n) is 12.0. The summed E-state index contributed by atoms with van der Waals surface area (Å²) in [6.07, 6.45) is 0. The van der Waals surface area contributed by atoms with E-state index in [0.717, 1.165) is 33.2 Å². The number of fused-ring (bicyclic) bond motifs is 8. The molecule has 0 spiro atoms. The molecule has 274 valence electrons. The quantitative estimate of drug-likeness (QED) is 0.164. The van der Waals surface area contributed by atoms with Crippen molar-refractivity contribution < 1.29 is 0 Å². The first-order valence-electron chi connectivity index (χ1n) is 20.2. The second-order valence-corrected chi connectivity index (χ2v) is 15.3. The SMILES string of the molecule is c1ccc(-c2ccc(-c3cccc4cccc(-c5nc(-n6c7ccccc7c7cc(-c8cc9ccccc9c9ccccc89)ccc76)nc6ccccc56)c34)cc2)cc1. The third kappa shape index (κ3) is 5.36. The summed E-state index contributed by atoms with van der Waals surface area (Å²) in [6.45, 7) is 0. The molecule has 12 aromatic rings. The van der Waals surface area contributed by atoms with Crippen LogP contribution in [0.2, 0.25) is 0 Å². The molecule has 0 bridgehead atoms. The molecule has 2 heterocycles. The fourth-order valence-corrected chi connectivity index (χ4v) is 9.27. The molecule has 0 saturated carbocycles. The largest absolute Gasteiger partial charge is 0.278 e. The molecule has 0 fully saturated rings. The van der Waals surface area contributed by atoms with Crippen molar-refractivity contribution in [3.05, 3.63) is 212 Å². The van der Waals surface area contributed by atoms with Gasteiger partial charge in [-0.2, -0.15) is 0 Å². The number of rotatable bonds is 5. The summed E-state index contributed by atoms with van der Waals surface area (Å²) in [7, 11) is 0. The van der Waals surface area contributed by atoms with E-state index in [9.17, 15) is 0 Å². The highest BCUT2D eigenvalue weighted by molar-refractivity contribution is 6.16. The highest BCUT2D eigenvalue weighted by Crippen LogP contribution is 2.42. The Kier molecular flexibility index (Phi) is 7.54. The summed E-state index contributed by atoms with van der Waals surface area (Å²) >= 11 is 0. The predicted molar refractivity (Wildman–Crippen MR) is 248 cm³/mol. The molecular weight excluding hydrogens is 715 g/mol. The topological polar surface area (TPSA) is 30.7 Å². The summed E-state index contributed by atoms with van der Waals surface area (Å²) in [5.74, 6) is 0.649. The van der Waals surface area contributed by atoms with E-state index in [1.165, 1.54) is 76.5 Å². The minimum Gasteiger partial charge on any atom is -0.278 e. The van der Waals surface area contributed by atoms with E-state index >= 15 is 0 Å². The van der Waals surface area contributed by atoms with Gasteiger partial charge in [0.15, 0.2) is 0 Å². The van der Waals surface area contributed by atoms with Crippen molar-refractivity contribution >= 4 is 65.0 Å². The molecule has 0 N–H and O–H groups in total. The van der Waals surface area contributed by atoms with Gasteiger partial charge in [-0.3, -0.25) is 4.57 Å². The molecule has 3 nitrogen and oxygen atoms in total. The summed E-state index contributed by atoms with van der Waals surface area (Å²) in [5.41, 5.74) is 12.2. The summed E-state index contributed by atoms with van der Waals surface area (Å²) in [5, 5.41) is 10.7. The van der Waals surface area contributed by atoms with E-state index in [4.69, 9.17) is 9.97 Å². The van der Waals surface area contributed by atoms with Gasteiger partial charge in [-0.15, -0.1) is 0 Å². The number of para-hydroxylation sites is 2. The van der Waals surface area contributed by atoms with Gasteiger partial charge < -0.3 is 0 Å². The van der Waals surface area contributed by atoms with Crippen LogP contribution >= 0.6 is 0 Å². The number of aromatic nitrogens is 3. The zero-order chi connectivity index (χ0) is 38.9. The van der Waals surface area contributed by atoms with E-state index in [1.807, 2.05) is 0 Å². The van der Waals surface area contributed by atoms with E-state index in [2.05, 4.69) is 217 Å². The molecule has 0 aliphatic heterocycles. The fourth-order valence-electron chi connectivity index (χ4n) is 9.27. The van der Waals surface area contributed by atoms with Crippen LogP contribution in [0.25, 0.3) is 116 Å². The van der Waals surface area contributed by atoms with Gasteiger partial charge in [-0.1, -0.05) is 182 Å². The van der Waals surface area contributed by atoms with Crippen LogP contribution in [0, 0.1) is 0 Å². The van der Waals surface area contributed by atoms with Crippen LogP contribution < -0.4 is 0 Å². The van der Waals surface area contributed by atoms with Gasteiger partial charge in [0.05, 0.1) is 22.2 Å². The zero-order valence-corrected chi connectivity index (χ0v) is 32.0. The molecule has 0 radical (unpaired) electrons. The monoisotopic (exact) mass is 749 g/mol. The van der Waals surface area contributed by atoms with Crippen LogP contribution in [0.15, 0.2) is 212 Å². The maximum absolute atomic E-state index is 5.56. The first-order chi connectivity index (χ1) is 29.3. The fraction of sp³-hybridized carbons (Fsp3) is 0. The van der Waals surface area contributed by atoms with E-state index in [1.54, 1.807) is 0 Å². The third-order valence-corrected chi connectivity index (χ3v) is 12.0. The lowest BCUT2D eigenvalue weighted by Gasteiger charge is -2.16. The van der Waals surface area contributed by atoms with Gasteiger partial charge in [-0.25, -0.2) is 9.97 Å². The Morgan fingerprint density at radius 3 is 1.73 bits per heavy atom. The lowest BCUT2D eigenvalue weighted by molar-refractivity contribution is 1.01. The molecule has 0 aliphatic rings. The Bertz CT molecular complexity index is 3600. The predicted octanol–water partition coefficient (Wildman–Crippen LogP) is 14.9. The number of nitrogens with zero attached hydrogens (tertiary/aromatic N) is 3. The molecule has 0 saturated heterocycles. The summed E-state index contributed by atoms with van der Waals surface area (Å²) in [4.78, 5) is 10.9. The first-order valence-corrected chi connectivity index (χ1v) is 20.2. The minimum absolute atomic E-state index is 0.649. The van der Waals surface area contributed by atoms with E-state index in [-0.39, 0.29) is 0 Å². The Balaban J connectivity index is 1.07. The zero-order valence-electron chi connectivity index (χ0n) is 32.0. The maximum atomic E-state index is 5.56.